The molecule has 0 aliphatic heterocycles. The standard InChI is InChI=1S/C17H19N3O3S/c1-18-15(11-5-13(22-2)8-14(6-11)23-3)7-12-9-19-17(24-4)20-16(12)10-21/h5-10,18H,1-4H3/b15-7-. The summed E-state index contributed by atoms with van der Waals surface area (Å²) in [4.78, 5) is 19.8. The van der Waals surface area contributed by atoms with E-state index in [0.717, 1.165) is 17.5 Å². The number of hydrogen-bond acceptors (Lipinski definition) is 7. The third kappa shape index (κ3) is 4.05. The average molecular weight is 345 g/mol. The molecule has 0 saturated carbocycles. The molecule has 0 aliphatic rings. The number of aldehydes is 1. The number of thioether (sulfide) groups is 1. The third-order valence-electron chi connectivity index (χ3n) is 3.35. The molecular weight excluding hydrogens is 326 g/mol. The molecule has 2 rings (SSSR count). The zero-order chi connectivity index (χ0) is 17.5. The van der Waals surface area contributed by atoms with E-state index in [1.54, 1.807) is 33.5 Å². The highest BCUT2D eigenvalue weighted by molar-refractivity contribution is 7.98. The monoisotopic (exact) mass is 345 g/mol. The SMILES string of the molecule is CN/C(=C\c1cnc(SC)nc1C=O)c1cc(OC)cc(OC)c1. The van der Waals surface area contributed by atoms with Gasteiger partial charge in [0.2, 0.25) is 0 Å². The maximum absolute atomic E-state index is 11.3. The molecule has 0 amide bonds. The van der Waals surface area contributed by atoms with Crippen LogP contribution in [0.5, 0.6) is 11.5 Å². The van der Waals surface area contributed by atoms with E-state index in [-0.39, 0.29) is 0 Å². The molecular formula is C17H19N3O3S. The van der Waals surface area contributed by atoms with Crippen molar-refractivity contribution in [2.75, 3.05) is 27.5 Å². The van der Waals surface area contributed by atoms with Gasteiger partial charge in [0, 0.05) is 36.1 Å². The molecule has 0 radical (unpaired) electrons. The Labute approximate surface area is 145 Å². The van der Waals surface area contributed by atoms with Crippen molar-refractivity contribution in [3.63, 3.8) is 0 Å². The van der Waals surface area contributed by atoms with Gasteiger partial charge in [0.1, 0.15) is 17.2 Å². The number of nitrogens with one attached hydrogen (secondary N) is 1. The lowest BCUT2D eigenvalue weighted by Gasteiger charge is -2.12. The van der Waals surface area contributed by atoms with Crippen molar-refractivity contribution in [1.29, 1.82) is 0 Å². The number of benzene rings is 1. The molecule has 126 valence electrons. The van der Waals surface area contributed by atoms with Crippen LogP contribution in [0.3, 0.4) is 0 Å². The number of hydrogen-bond donors (Lipinski definition) is 1. The van der Waals surface area contributed by atoms with E-state index in [0.29, 0.717) is 27.9 Å². The Morgan fingerprint density at radius 3 is 2.38 bits per heavy atom. The zero-order valence-corrected chi connectivity index (χ0v) is 14.8. The van der Waals surface area contributed by atoms with Crippen LogP contribution in [-0.2, 0) is 0 Å². The fraction of sp³-hybridized carbons (Fsp3) is 0.235. The Hall–Kier alpha value is -2.54. The van der Waals surface area contributed by atoms with Crippen molar-refractivity contribution in [2.24, 2.45) is 0 Å². The minimum absolute atomic E-state index is 0.344. The van der Waals surface area contributed by atoms with E-state index >= 15 is 0 Å². The van der Waals surface area contributed by atoms with Crippen LogP contribution >= 0.6 is 11.8 Å². The minimum atomic E-state index is 0.344. The second-order valence-corrected chi connectivity index (χ2v) is 5.50. The Bertz CT molecular complexity index is 740. The second kappa shape index (κ2) is 8.35. The molecule has 0 atom stereocenters. The van der Waals surface area contributed by atoms with Crippen LogP contribution in [0.2, 0.25) is 0 Å². The predicted molar refractivity (Wildman–Crippen MR) is 95.7 cm³/mol. The first-order valence-corrected chi connectivity index (χ1v) is 8.36. The van der Waals surface area contributed by atoms with Crippen molar-refractivity contribution in [3.05, 3.63) is 41.2 Å². The lowest BCUT2D eigenvalue weighted by atomic mass is 10.1. The Kier molecular flexibility index (Phi) is 6.20. The van der Waals surface area contributed by atoms with Crippen molar-refractivity contribution < 1.29 is 14.3 Å². The Balaban J connectivity index is 2.52. The molecule has 0 unspecified atom stereocenters. The number of methoxy groups -OCH3 is 2. The number of aromatic nitrogens is 2. The summed E-state index contributed by atoms with van der Waals surface area (Å²) in [5.74, 6) is 1.35. The molecule has 7 heteroatoms. The lowest BCUT2D eigenvalue weighted by Crippen LogP contribution is -2.06. The number of rotatable bonds is 7. The van der Waals surface area contributed by atoms with Crippen molar-refractivity contribution in [1.82, 2.24) is 15.3 Å². The van der Waals surface area contributed by atoms with Crippen LogP contribution in [-0.4, -0.2) is 43.8 Å². The fourth-order valence-corrected chi connectivity index (χ4v) is 2.46. The largest absolute Gasteiger partial charge is 0.497 e. The predicted octanol–water partition coefficient (Wildman–Crippen LogP) is 2.75. The van der Waals surface area contributed by atoms with E-state index in [1.807, 2.05) is 24.5 Å². The normalized spacial score (nSPS) is 11.1. The smallest absolute Gasteiger partial charge is 0.187 e. The molecule has 24 heavy (non-hydrogen) atoms. The van der Waals surface area contributed by atoms with E-state index < -0.39 is 0 Å². The van der Waals surface area contributed by atoms with Gasteiger partial charge in [-0.3, -0.25) is 4.79 Å². The summed E-state index contributed by atoms with van der Waals surface area (Å²) in [6.07, 6.45) is 6.05. The van der Waals surface area contributed by atoms with Gasteiger partial charge in [-0.1, -0.05) is 11.8 Å². The maximum Gasteiger partial charge on any atom is 0.187 e. The molecule has 0 bridgehead atoms. The fourth-order valence-electron chi connectivity index (χ4n) is 2.11. The molecule has 0 fully saturated rings. The third-order valence-corrected chi connectivity index (χ3v) is 3.91. The van der Waals surface area contributed by atoms with Gasteiger partial charge in [0.25, 0.3) is 0 Å². The molecule has 2 aromatic rings. The van der Waals surface area contributed by atoms with Crippen LogP contribution in [0.15, 0.2) is 29.6 Å². The summed E-state index contributed by atoms with van der Waals surface area (Å²) >= 11 is 1.39. The van der Waals surface area contributed by atoms with Gasteiger partial charge in [-0.15, -0.1) is 0 Å². The van der Waals surface area contributed by atoms with Gasteiger partial charge < -0.3 is 14.8 Å². The molecule has 1 aromatic heterocycles. The van der Waals surface area contributed by atoms with Crippen LogP contribution in [0.4, 0.5) is 0 Å². The molecule has 1 N–H and O–H groups in total. The molecule has 1 heterocycles. The van der Waals surface area contributed by atoms with E-state index in [9.17, 15) is 4.79 Å². The van der Waals surface area contributed by atoms with Gasteiger partial charge in [-0.05, 0) is 24.5 Å². The molecule has 0 aliphatic carbocycles. The van der Waals surface area contributed by atoms with Crippen LogP contribution < -0.4 is 14.8 Å². The highest BCUT2D eigenvalue weighted by Crippen LogP contribution is 2.27. The van der Waals surface area contributed by atoms with Crippen LogP contribution in [0.25, 0.3) is 11.8 Å². The first-order valence-electron chi connectivity index (χ1n) is 7.14. The molecule has 0 saturated heterocycles. The van der Waals surface area contributed by atoms with Gasteiger partial charge in [0.15, 0.2) is 11.4 Å². The summed E-state index contributed by atoms with van der Waals surface area (Å²) in [5, 5.41) is 3.68. The summed E-state index contributed by atoms with van der Waals surface area (Å²) in [7, 11) is 5.00. The van der Waals surface area contributed by atoms with Gasteiger partial charge in [-0.2, -0.15) is 0 Å². The Morgan fingerprint density at radius 1 is 1.21 bits per heavy atom. The van der Waals surface area contributed by atoms with Gasteiger partial charge in [-0.25, -0.2) is 9.97 Å². The summed E-state index contributed by atoms with van der Waals surface area (Å²) in [6, 6.07) is 5.55. The Morgan fingerprint density at radius 2 is 1.88 bits per heavy atom. The summed E-state index contributed by atoms with van der Waals surface area (Å²) in [6.45, 7) is 0. The van der Waals surface area contributed by atoms with Crippen LogP contribution in [0.1, 0.15) is 21.6 Å². The molecule has 1 aromatic carbocycles. The van der Waals surface area contributed by atoms with Gasteiger partial charge in [0.05, 0.1) is 14.2 Å². The lowest BCUT2D eigenvalue weighted by molar-refractivity contribution is 0.111. The highest BCUT2D eigenvalue weighted by atomic mass is 32.2. The maximum atomic E-state index is 11.3. The van der Waals surface area contributed by atoms with Crippen molar-refractivity contribution in [3.8, 4) is 11.5 Å². The van der Waals surface area contributed by atoms with E-state index in [1.165, 1.54) is 11.8 Å². The molecule has 6 nitrogen and oxygen atoms in total. The van der Waals surface area contributed by atoms with Crippen LogP contribution in [0, 0.1) is 0 Å². The summed E-state index contributed by atoms with van der Waals surface area (Å²) in [5.41, 5.74) is 2.63. The average Bonchev–Trinajstić information content (AvgIpc) is 2.65. The van der Waals surface area contributed by atoms with Gasteiger partial charge >= 0.3 is 0 Å². The topological polar surface area (TPSA) is 73.3 Å². The van der Waals surface area contributed by atoms with E-state index in [2.05, 4.69) is 15.3 Å². The molecule has 0 spiro atoms. The quantitative estimate of drug-likeness (QED) is 0.470. The first kappa shape index (κ1) is 17.8. The van der Waals surface area contributed by atoms with E-state index in [4.69, 9.17) is 9.47 Å². The number of carbonyl (C=O) groups excluding carboxylic acids is 1. The summed E-state index contributed by atoms with van der Waals surface area (Å²) < 4.78 is 10.6. The number of carbonyl (C=O) groups is 1. The van der Waals surface area contributed by atoms with Crippen molar-refractivity contribution in [2.45, 2.75) is 5.16 Å². The second-order valence-electron chi connectivity index (χ2n) is 4.72. The number of ether oxygens (including phenoxy) is 2. The minimum Gasteiger partial charge on any atom is -0.497 e. The number of nitrogens with zero attached hydrogens (tertiary/aromatic N) is 2. The first-order chi connectivity index (χ1) is 11.6. The zero-order valence-electron chi connectivity index (χ0n) is 14.0. The highest BCUT2D eigenvalue weighted by Gasteiger charge is 2.09. The van der Waals surface area contributed by atoms with Crippen molar-refractivity contribution >= 4 is 29.8 Å².